The van der Waals surface area contributed by atoms with Crippen molar-refractivity contribution in [3.05, 3.63) is 61.8 Å². The van der Waals surface area contributed by atoms with Gasteiger partial charge in [0.25, 0.3) is 0 Å². The molecule has 0 heterocycles. The van der Waals surface area contributed by atoms with Crippen LogP contribution < -0.4 is 15.3 Å². The molecule has 0 aromatic carbocycles. The third kappa shape index (κ3) is 38.8. The second-order valence-electron chi connectivity index (χ2n) is 5.67. The van der Waals surface area contributed by atoms with Crippen molar-refractivity contribution < 1.29 is 41.5 Å². The van der Waals surface area contributed by atoms with Gasteiger partial charge in [-0.1, -0.05) is 52.3 Å². The van der Waals surface area contributed by atoms with Gasteiger partial charge in [0.15, 0.2) is 0 Å². The van der Waals surface area contributed by atoms with Crippen LogP contribution >= 0.6 is 0 Å². The molecule has 1 aliphatic rings. The van der Waals surface area contributed by atoms with E-state index in [4.69, 9.17) is 0 Å². The molecule has 0 fully saturated rings. The Labute approximate surface area is 181 Å². The molecule has 0 spiro atoms. The maximum absolute atomic E-state index is 10.1. The second kappa shape index (κ2) is 26.7. The fourth-order valence-electron chi connectivity index (χ4n) is 1.40. The van der Waals surface area contributed by atoms with E-state index in [1.165, 1.54) is 5.57 Å². The van der Waals surface area contributed by atoms with Crippen LogP contribution in [0.4, 0.5) is 0 Å². The van der Waals surface area contributed by atoms with Gasteiger partial charge in [-0.3, -0.25) is 6.08 Å². The van der Waals surface area contributed by atoms with E-state index < -0.39 is 18.3 Å². The third-order valence-corrected chi connectivity index (χ3v) is 2.64. The predicted molar refractivity (Wildman–Crippen MR) is 104 cm³/mol. The summed E-state index contributed by atoms with van der Waals surface area (Å²) in [5.74, 6) is 0. The van der Waals surface area contributed by atoms with Crippen LogP contribution in [0.1, 0.15) is 59.8 Å². The van der Waals surface area contributed by atoms with E-state index >= 15 is 0 Å². The molecule has 3 nitrogen and oxygen atoms in total. The summed E-state index contributed by atoms with van der Waals surface area (Å²) in [6.45, 7) is 17.2. The molecule has 0 amide bonds. The average Bonchev–Trinajstić information content (AvgIpc) is 3.02. The molecule has 3 unspecified atom stereocenters. The Bertz CT molecular complexity index is 336. The summed E-state index contributed by atoms with van der Waals surface area (Å²) in [5.41, 5.74) is 1.36. The van der Waals surface area contributed by atoms with Crippen LogP contribution in [0, 0.1) is 6.08 Å². The molecule has 0 saturated heterocycles. The van der Waals surface area contributed by atoms with Gasteiger partial charge in [0, 0.05) is 0 Å². The van der Waals surface area contributed by atoms with Crippen LogP contribution in [-0.2, 0) is 26.2 Å². The van der Waals surface area contributed by atoms with Gasteiger partial charge in [0.1, 0.15) is 0 Å². The van der Waals surface area contributed by atoms with E-state index in [1.807, 2.05) is 0 Å². The van der Waals surface area contributed by atoms with Crippen LogP contribution in [0.15, 0.2) is 55.7 Å². The Morgan fingerprint density at radius 3 is 1.35 bits per heavy atom. The topological polar surface area (TPSA) is 69.2 Å². The molecule has 0 aromatic heterocycles. The molecule has 4 heteroatoms. The van der Waals surface area contributed by atoms with Gasteiger partial charge in [0.2, 0.25) is 0 Å². The van der Waals surface area contributed by atoms with Crippen LogP contribution in [0.25, 0.3) is 0 Å². The average molecular weight is 440 g/mol. The van der Waals surface area contributed by atoms with Crippen molar-refractivity contribution >= 4 is 0 Å². The van der Waals surface area contributed by atoms with Crippen molar-refractivity contribution in [1.29, 1.82) is 0 Å². The molecule has 0 saturated carbocycles. The van der Waals surface area contributed by atoms with Gasteiger partial charge in [-0.25, -0.2) is 11.6 Å². The zero-order valence-electron chi connectivity index (χ0n) is 17.0. The smallest absolute Gasteiger partial charge is 0.852 e. The SMILES string of the molecule is C=CCC(C)[O-].C=CCC(C)[O-].C=CCC(C)[O-].CCC1=[C-]CC=C1.[Zr+4]. The molecule has 26 heavy (non-hydrogen) atoms. The maximum atomic E-state index is 10.1. The van der Waals surface area contributed by atoms with Gasteiger partial charge in [-0.2, -0.15) is 6.08 Å². The van der Waals surface area contributed by atoms with Crippen molar-refractivity contribution in [3.8, 4) is 0 Å². The van der Waals surface area contributed by atoms with Crippen molar-refractivity contribution in [1.82, 2.24) is 0 Å². The first kappa shape index (κ1) is 33.1. The van der Waals surface area contributed by atoms with Gasteiger partial charge in [-0.15, -0.1) is 44.5 Å². The summed E-state index contributed by atoms with van der Waals surface area (Å²) in [6, 6.07) is 0. The summed E-state index contributed by atoms with van der Waals surface area (Å²) in [6.07, 6.45) is 14.9. The standard InChI is InChI=1S/C7H9.3C5H9O.Zr/c1-2-7-5-3-4-6-7;3*1-3-4-5(2)6;/h3,5H,2,4H2,1H3;3*3,5H,1,4H2,2H3;/q4*-1;+4. The second-order valence-corrected chi connectivity index (χ2v) is 5.67. The van der Waals surface area contributed by atoms with Crippen molar-refractivity contribution in [2.24, 2.45) is 0 Å². The van der Waals surface area contributed by atoms with E-state index in [2.05, 4.69) is 44.9 Å². The zero-order chi connectivity index (χ0) is 20.1. The van der Waals surface area contributed by atoms with Crippen LogP contribution in [0.3, 0.4) is 0 Å². The summed E-state index contributed by atoms with van der Waals surface area (Å²) < 4.78 is 0. The largest absolute Gasteiger partial charge is 4.00 e. The predicted octanol–water partition coefficient (Wildman–Crippen LogP) is 3.02. The third-order valence-electron chi connectivity index (χ3n) is 2.64. The molecular weight excluding hydrogens is 403 g/mol. The van der Waals surface area contributed by atoms with Gasteiger partial charge in [-0.05, 0) is 19.3 Å². The molecule has 0 radical (unpaired) electrons. The van der Waals surface area contributed by atoms with Crippen LogP contribution in [0.5, 0.6) is 0 Å². The fourth-order valence-corrected chi connectivity index (χ4v) is 1.40. The van der Waals surface area contributed by atoms with Crippen molar-refractivity contribution in [2.45, 2.75) is 78.1 Å². The Hall–Kier alpha value is -0.537. The Balaban J connectivity index is -0.000000123. The summed E-state index contributed by atoms with van der Waals surface area (Å²) >= 11 is 0. The minimum absolute atomic E-state index is 0. The monoisotopic (exact) mass is 438 g/mol. The summed E-state index contributed by atoms with van der Waals surface area (Å²) in [5, 5.41) is 30.2. The number of hydrogen-bond donors (Lipinski definition) is 0. The normalized spacial score (nSPS) is 14.2. The summed E-state index contributed by atoms with van der Waals surface area (Å²) in [7, 11) is 0. The molecule has 3 atom stereocenters. The fraction of sp³-hybridized carbons (Fsp3) is 0.545. The zero-order valence-corrected chi connectivity index (χ0v) is 19.5. The maximum Gasteiger partial charge on any atom is 4.00 e. The first-order valence-corrected chi connectivity index (χ1v) is 8.81. The first-order valence-electron chi connectivity index (χ1n) is 8.81. The van der Waals surface area contributed by atoms with E-state index in [9.17, 15) is 15.3 Å². The van der Waals surface area contributed by atoms with E-state index in [0.717, 1.165) is 12.8 Å². The number of allylic oxidation sites excluding steroid dienone is 4. The van der Waals surface area contributed by atoms with Crippen molar-refractivity contribution in [3.63, 3.8) is 0 Å². The molecule has 0 bridgehead atoms. The van der Waals surface area contributed by atoms with E-state index in [-0.39, 0.29) is 26.2 Å². The van der Waals surface area contributed by atoms with Crippen molar-refractivity contribution in [2.75, 3.05) is 0 Å². The Morgan fingerprint density at radius 2 is 1.27 bits per heavy atom. The Kier molecular flexibility index (Phi) is 34.0. The van der Waals surface area contributed by atoms with E-state index in [0.29, 0.717) is 19.3 Å². The Morgan fingerprint density at radius 1 is 0.923 bits per heavy atom. The van der Waals surface area contributed by atoms with Crippen LogP contribution in [0.2, 0.25) is 0 Å². The van der Waals surface area contributed by atoms with Gasteiger partial charge in [0.05, 0.1) is 0 Å². The molecule has 1 aliphatic carbocycles. The molecule has 1 rings (SSSR count). The minimum atomic E-state index is -0.470. The van der Waals surface area contributed by atoms with E-state index in [1.54, 1.807) is 39.0 Å². The first-order chi connectivity index (χ1) is 11.7. The number of hydrogen-bond acceptors (Lipinski definition) is 3. The van der Waals surface area contributed by atoms with Crippen LogP contribution in [-0.4, -0.2) is 18.3 Å². The summed E-state index contributed by atoms with van der Waals surface area (Å²) in [4.78, 5) is 0. The molecule has 0 N–H and O–H groups in total. The molecular formula is C22H36O3Zr. The van der Waals surface area contributed by atoms with Gasteiger partial charge < -0.3 is 15.3 Å². The number of rotatable bonds is 7. The molecule has 0 aromatic rings. The molecule has 0 aliphatic heterocycles. The molecule has 146 valence electrons. The quantitative estimate of drug-likeness (QED) is 0.452. The minimum Gasteiger partial charge on any atom is -0.852 e. The van der Waals surface area contributed by atoms with Gasteiger partial charge >= 0.3 is 26.2 Å².